The predicted octanol–water partition coefficient (Wildman–Crippen LogP) is 2.51. The van der Waals surface area contributed by atoms with Crippen LogP contribution in [-0.4, -0.2) is 161 Å². The fraction of sp³-hybridized carbons (Fsp3) is 0.932. The van der Waals surface area contributed by atoms with E-state index in [1.165, 1.54) is 6.92 Å². The summed E-state index contributed by atoms with van der Waals surface area (Å²) < 4.78 is 37.9. The van der Waals surface area contributed by atoms with Crippen molar-refractivity contribution in [1.82, 2.24) is 10.2 Å². The van der Waals surface area contributed by atoms with Crippen molar-refractivity contribution in [3.63, 3.8) is 0 Å². The van der Waals surface area contributed by atoms with Crippen LogP contribution >= 0.6 is 0 Å². The summed E-state index contributed by atoms with van der Waals surface area (Å²) in [4.78, 5) is 42.5. The highest BCUT2D eigenvalue weighted by Crippen LogP contribution is 2.40. The highest BCUT2D eigenvalue weighted by Gasteiger charge is 2.53. The van der Waals surface area contributed by atoms with Crippen LogP contribution < -0.4 is 5.32 Å². The maximum absolute atomic E-state index is 13.9. The summed E-state index contributed by atoms with van der Waals surface area (Å²) in [5, 5.41) is 57.1. The molecule has 0 aromatic heterocycles. The highest BCUT2D eigenvalue weighted by molar-refractivity contribution is 5.82. The largest absolute Gasteiger partial charge is 0.394 e. The zero-order valence-electron chi connectivity index (χ0n) is 36.4. The number of aliphatic hydroxyl groups excluding tert-OH is 5. The van der Waals surface area contributed by atoms with Crippen LogP contribution in [0.4, 0.5) is 0 Å². The summed E-state index contributed by atoms with van der Waals surface area (Å²) in [6, 6.07) is -1.15. The lowest BCUT2D eigenvalue weighted by atomic mass is 9.74. The molecular formula is C44H76N2O14. The molecule has 0 spiro atoms. The summed E-state index contributed by atoms with van der Waals surface area (Å²) >= 11 is 0. The van der Waals surface area contributed by atoms with Gasteiger partial charge < -0.3 is 64.2 Å². The molecule has 0 radical (unpaired) electrons. The number of ketones is 1. The van der Waals surface area contributed by atoms with Crippen molar-refractivity contribution in [3.8, 4) is 0 Å². The number of aliphatic hydroxyl groups is 5. The lowest BCUT2D eigenvalue weighted by Crippen LogP contribution is -2.67. The third-order valence-corrected chi connectivity index (χ3v) is 13.4. The summed E-state index contributed by atoms with van der Waals surface area (Å²) in [6.45, 7) is 8.73. The van der Waals surface area contributed by atoms with E-state index in [-0.39, 0.29) is 29.9 Å². The van der Waals surface area contributed by atoms with Gasteiger partial charge in [-0.05, 0) is 57.3 Å². The molecule has 2 amide bonds. The van der Waals surface area contributed by atoms with Crippen LogP contribution in [0.25, 0.3) is 0 Å². The standard InChI is InChI=1S/C44H76N2O14/c1-5-7-8-12-20-55-21-13-17-31(49)30-23-29(6-2)40(60-44-39(53)38(52)36(50)26(3)56-44)32(24-30)58-43-35(45-27(4)48)41(37(51)34(25-47)59-43)57-33(42(54)46-18-14-19-46)22-28-15-10-9-11-16-28/h26,28-30,32-41,43-44,47,50-53H,5-25H2,1-4H3,(H,45,48)/t26?,29?,30?,32-,33+,34+,35?,36-,37+,38+,39?,40-,41?,43-,44+/m1/s1. The number of amides is 2. The molecule has 3 heterocycles. The molecule has 60 heavy (non-hydrogen) atoms. The number of carbonyl (C=O) groups is 3. The minimum atomic E-state index is -1.59. The van der Waals surface area contributed by atoms with Gasteiger partial charge in [-0.3, -0.25) is 14.4 Å². The summed E-state index contributed by atoms with van der Waals surface area (Å²) in [6.07, 6.45) is -1.62. The predicted molar refractivity (Wildman–Crippen MR) is 218 cm³/mol. The van der Waals surface area contributed by atoms with Crippen LogP contribution in [0.15, 0.2) is 0 Å². The molecule has 6 unspecified atom stereocenters. The number of unbranched alkanes of at least 4 members (excludes halogenated alkanes) is 3. The number of likely N-dealkylation sites (tertiary alicyclic amines) is 1. The van der Waals surface area contributed by atoms with Gasteiger partial charge in [0.15, 0.2) is 12.6 Å². The van der Waals surface area contributed by atoms with Gasteiger partial charge in [0, 0.05) is 45.6 Å². The Hall–Kier alpha value is -1.83. The smallest absolute Gasteiger partial charge is 0.251 e. The van der Waals surface area contributed by atoms with E-state index in [2.05, 4.69) is 12.2 Å². The van der Waals surface area contributed by atoms with Crippen LogP contribution in [0.2, 0.25) is 0 Å². The third-order valence-electron chi connectivity index (χ3n) is 13.4. The number of ether oxygens (including phenoxy) is 6. The first kappa shape index (κ1) is 49.2. The van der Waals surface area contributed by atoms with Crippen molar-refractivity contribution in [2.75, 3.05) is 32.9 Å². The molecule has 5 fully saturated rings. The maximum atomic E-state index is 13.9. The van der Waals surface area contributed by atoms with Crippen molar-refractivity contribution in [2.24, 2.45) is 17.8 Å². The van der Waals surface area contributed by atoms with Crippen LogP contribution in [0.5, 0.6) is 0 Å². The molecule has 0 aromatic rings. The number of hydrogen-bond donors (Lipinski definition) is 6. The van der Waals surface area contributed by atoms with E-state index in [0.717, 1.165) is 64.2 Å². The molecule has 3 saturated heterocycles. The molecule has 5 rings (SSSR count). The first-order valence-corrected chi connectivity index (χ1v) is 23.1. The fourth-order valence-electron chi connectivity index (χ4n) is 9.65. The van der Waals surface area contributed by atoms with Gasteiger partial charge in [0.05, 0.1) is 24.9 Å². The Balaban J connectivity index is 1.40. The molecule has 5 aliphatic rings. The lowest BCUT2D eigenvalue weighted by Gasteiger charge is -2.49. The molecular weight excluding hydrogens is 780 g/mol. The van der Waals surface area contributed by atoms with Gasteiger partial charge in [0.1, 0.15) is 54.6 Å². The first-order valence-electron chi connectivity index (χ1n) is 23.1. The van der Waals surface area contributed by atoms with E-state index < -0.39 is 98.1 Å². The molecule has 6 N–H and O–H groups in total. The van der Waals surface area contributed by atoms with Gasteiger partial charge in [-0.25, -0.2) is 0 Å². The molecule has 16 heteroatoms. The van der Waals surface area contributed by atoms with Gasteiger partial charge in [0.25, 0.3) is 5.91 Å². The summed E-state index contributed by atoms with van der Waals surface area (Å²) in [5.74, 6) is -1.10. The Morgan fingerprint density at radius 3 is 2.20 bits per heavy atom. The van der Waals surface area contributed by atoms with Crippen molar-refractivity contribution >= 4 is 17.6 Å². The normalized spacial score (nSPS) is 37.0. The van der Waals surface area contributed by atoms with Gasteiger partial charge in [-0.2, -0.15) is 0 Å². The highest BCUT2D eigenvalue weighted by atomic mass is 16.7. The van der Waals surface area contributed by atoms with E-state index in [4.69, 9.17) is 28.4 Å². The second-order valence-electron chi connectivity index (χ2n) is 18.0. The zero-order chi connectivity index (χ0) is 43.3. The topological polar surface area (TPSA) is 223 Å². The second-order valence-corrected chi connectivity index (χ2v) is 18.0. The number of hydrogen-bond acceptors (Lipinski definition) is 14. The van der Waals surface area contributed by atoms with Crippen molar-refractivity contribution in [2.45, 2.75) is 210 Å². The average molecular weight is 857 g/mol. The monoisotopic (exact) mass is 857 g/mol. The summed E-state index contributed by atoms with van der Waals surface area (Å²) in [7, 11) is 0. The van der Waals surface area contributed by atoms with Crippen LogP contribution in [0.3, 0.4) is 0 Å². The number of nitrogens with zero attached hydrogens (tertiary/aromatic N) is 1. The Bertz CT molecular complexity index is 1320. The third kappa shape index (κ3) is 13.1. The SMILES string of the molecule is CCCCCCOCCCC(=O)C1CC(CC)[C@@H](O[C@@H]2OC(C)[C@@H](O)[C@H](O)C2O)[C@H](O[C@@H]2O[C@@H](CO)[C@H](O)C(O[C@@H](CC3CCCCC3)C(=O)N3CCC3)C2NC(C)=O)C1. The first-order chi connectivity index (χ1) is 28.9. The zero-order valence-corrected chi connectivity index (χ0v) is 36.4. The molecule has 3 aliphatic heterocycles. The van der Waals surface area contributed by atoms with Crippen LogP contribution in [-0.2, 0) is 42.8 Å². The average Bonchev–Trinajstić information content (AvgIpc) is 3.21. The van der Waals surface area contributed by atoms with Crippen molar-refractivity contribution in [3.05, 3.63) is 0 Å². The number of rotatable bonds is 22. The summed E-state index contributed by atoms with van der Waals surface area (Å²) in [5.41, 5.74) is 0. The molecule has 2 saturated carbocycles. The van der Waals surface area contributed by atoms with E-state index >= 15 is 0 Å². The molecule has 15 atom stereocenters. The lowest BCUT2D eigenvalue weighted by molar-refractivity contribution is -0.338. The van der Waals surface area contributed by atoms with Crippen molar-refractivity contribution < 1.29 is 68.3 Å². The molecule has 0 bridgehead atoms. The number of Topliss-reactive ketones (excluding diaryl/α,β-unsaturated/α-hetero) is 1. The van der Waals surface area contributed by atoms with Gasteiger partial charge in [-0.1, -0.05) is 71.6 Å². The minimum absolute atomic E-state index is 0.0408. The Morgan fingerprint density at radius 2 is 1.55 bits per heavy atom. The second kappa shape index (κ2) is 24.3. The van der Waals surface area contributed by atoms with Gasteiger partial charge >= 0.3 is 0 Å². The van der Waals surface area contributed by atoms with Gasteiger partial charge in [0.2, 0.25) is 5.91 Å². The quantitative estimate of drug-likeness (QED) is 0.0862. The fourth-order valence-corrected chi connectivity index (χ4v) is 9.65. The van der Waals surface area contributed by atoms with Crippen LogP contribution in [0.1, 0.15) is 130 Å². The van der Waals surface area contributed by atoms with E-state index in [0.29, 0.717) is 58.4 Å². The Kier molecular flexibility index (Phi) is 19.9. The molecule has 346 valence electrons. The minimum Gasteiger partial charge on any atom is -0.394 e. The van der Waals surface area contributed by atoms with E-state index in [9.17, 15) is 39.9 Å². The van der Waals surface area contributed by atoms with E-state index in [1.54, 1.807) is 11.8 Å². The maximum Gasteiger partial charge on any atom is 0.251 e. The van der Waals surface area contributed by atoms with Crippen molar-refractivity contribution in [1.29, 1.82) is 0 Å². The van der Waals surface area contributed by atoms with Crippen LogP contribution in [0, 0.1) is 17.8 Å². The number of nitrogens with one attached hydrogen (secondary N) is 1. The number of carbonyl (C=O) groups excluding carboxylic acids is 3. The molecule has 0 aromatic carbocycles. The Labute approximate surface area is 356 Å². The van der Waals surface area contributed by atoms with Gasteiger partial charge in [-0.15, -0.1) is 0 Å². The molecule has 2 aliphatic carbocycles. The Morgan fingerprint density at radius 1 is 0.817 bits per heavy atom. The van der Waals surface area contributed by atoms with E-state index in [1.807, 2.05) is 6.92 Å². The molecule has 16 nitrogen and oxygen atoms in total.